The lowest BCUT2D eigenvalue weighted by Gasteiger charge is -2.46. The first-order valence-electron chi connectivity index (χ1n) is 11.0. The van der Waals surface area contributed by atoms with Crippen LogP contribution in [0.1, 0.15) is 49.5 Å². The van der Waals surface area contributed by atoms with Gasteiger partial charge in [-0.25, -0.2) is 13.2 Å². The van der Waals surface area contributed by atoms with Crippen molar-refractivity contribution in [1.29, 1.82) is 0 Å². The van der Waals surface area contributed by atoms with E-state index in [1.54, 1.807) is 13.0 Å². The summed E-state index contributed by atoms with van der Waals surface area (Å²) in [5.74, 6) is -3.63. The number of aliphatic hydroxyl groups is 1. The number of rotatable bonds is 8. The van der Waals surface area contributed by atoms with Crippen LogP contribution in [0.25, 0.3) is 0 Å². The summed E-state index contributed by atoms with van der Waals surface area (Å²) in [5.41, 5.74) is -1.02. The number of hydrogen-bond donors (Lipinski definition) is 3. The number of unbranched alkanes of at least 4 members (excludes halogenated alkanes) is 1. The summed E-state index contributed by atoms with van der Waals surface area (Å²) in [6.45, 7) is 9.02. The molecule has 0 atom stereocenters. The van der Waals surface area contributed by atoms with Crippen LogP contribution >= 0.6 is 0 Å². The molecule has 32 heavy (non-hydrogen) atoms. The zero-order valence-corrected chi connectivity index (χ0v) is 19.1. The van der Waals surface area contributed by atoms with Gasteiger partial charge in [0.1, 0.15) is 11.4 Å². The lowest BCUT2D eigenvalue weighted by Crippen LogP contribution is -2.67. The average molecular weight is 452 g/mol. The summed E-state index contributed by atoms with van der Waals surface area (Å²) in [7, 11) is 0. The minimum atomic E-state index is -1.27. The molecule has 1 heterocycles. The van der Waals surface area contributed by atoms with Crippen molar-refractivity contribution < 1.29 is 23.1 Å². The van der Waals surface area contributed by atoms with Crippen LogP contribution < -0.4 is 10.6 Å². The molecule has 8 heteroatoms. The van der Waals surface area contributed by atoms with Gasteiger partial charge in [-0.3, -0.25) is 4.79 Å². The molecule has 0 aliphatic carbocycles. The van der Waals surface area contributed by atoms with Crippen LogP contribution in [0.5, 0.6) is 0 Å². The van der Waals surface area contributed by atoms with Crippen molar-refractivity contribution in [1.82, 2.24) is 10.2 Å². The van der Waals surface area contributed by atoms with E-state index in [-0.39, 0.29) is 24.3 Å². The monoisotopic (exact) mass is 451 g/mol. The standard InChI is InChI=1S/C22H26F3N3O2.C2H6/c1-3-4-9-26-11-22(30)12-28(13-22)21(29)15-6-7-16(23)19(25)20(15)27-18-8-5-14(2)10-17(18)24;1-2/h5-8,10,26-27,30H,3-4,9,11-13H2,1-2H3;1-2H3. The highest BCUT2D eigenvalue weighted by Gasteiger charge is 2.44. The minimum Gasteiger partial charge on any atom is -0.385 e. The number of hydrogen-bond acceptors (Lipinski definition) is 4. The van der Waals surface area contributed by atoms with Crippen LogP contribution in [0.3, 0.4) is 0 Å². The highest BCUT2D eigenvalue weighted by atomic mass is 19.2. The Morgan fingerprint density at radius 3 is 2.44 bits per heavy atom. The molecule has 176 valence electrons. The van der Waals surface area contributed by atoms with Gasteiger partial charge < -0.3 is 20.6 Å². The van der Waals surface area contributed by atoms with Crippen LogP contribution in [0.2, 0.25) is 0 Å². The molecule has 3 N–H and O–H groups in total. The zero-order valence-electron chi connectivity index (χ0n) is 19.1. The van der Waals surface area contributed by atoms with E-state index in [0.29, 0.717) is 12.1 Å². The van der Waals surface area contributed by atoms with Gasteiger partial charge >= 0.3 is 0 Å². The van der Waals surface area contributed by atoms with Crippen LogP contribution in [0.15, 0.2) is 30.3 Å². The van der Waals surface area contributed by atoms with Crippen LogP contribution in [-0.2, 0) is 0 Å². The first-order valence-corrected chi connectivity index (χ1v) is 11.0. The maximum atomic E-state index is 14.5. The summed E-state index contributed by atoms with van der Waals surface area (Å²) in [6.07, 6.45) is 2.02. The Morgan fingerprint density at radius 1 is 1.12 bits per heavy atom. The topological polar surface area (TPSA) is 64.6 Å². The second-order valence-electron chi connectivity index (χ2n) is 7.81. The largest absolute Gasteiger partial charge is 0.385 e. The first kappa shape index (κ1) is 25.7. The molecule has 0 saturated carbocycles. The average Bonchev–Trinajstić information content (AvgIpc) is 2.75. The van der Waals surface area contributed by atoms with Crippen molar-refractivity contribution in [2.24, 2.45) is 0 Å². The summed E-state index contributed by atoms with van der Waals surface area (Å²) >= 11 is 0. The third-order valence-corrected chi connectivity index (χ3v) is 5.13. The van der Waals surface area contributed by atoms with Gasteiger partial charge in [-0.2, -0.15) is 0 Å². The van der Waals surface area contributed by atoms with Crippen molar-refractivity contribution >= 4 is 17.3 Å². The van der Waals surface area contributed by atoms with E-state index in [0.717, 1.165) is 31.5 Å². The SMILES string of the molecule is CC.CCCCNCC1(O)CN(C(=O)c2ccc(F)c(F)c2Nc2ccc(C)cc2F)C1. The third kappa shape index (κ3) is 6.01. The van der Waals surface area contributed by atoms with Crippen molar-refractivity contribution in [3.8, 4) is 0 Å². The molecule has 1 aliphatic rings. The molecule has 0 unspecified atom stereocenters. The van der Waals surface area contributed by atoms with Gasteiger partial charge in [-0.05, 0) is 49.7 Å². The predicted octanol–water partition coefficient (Wildman–Crippen LogP) is 4.76. The van der Waals surface area contributed by atoms with Crippen molar-refractivity contribution in [3.63, 3.8) is 0 Å². The molecule has 0 radical (unpaired) electrons. The molecule has 1 amide bonds. The molecule has 3 rings (SSSR count). The first-order chi connectivity index (χ1) is 15.2. The van der Waals surface area contributed by atoms with Crippen molar-refractivity contribution in [2.45, 2.75) is 46.1 Å². The number of halogens is 3. The zero-order chi connectivity index (χ0) is 23.9. The molecule has 2 aromatic carbocycles. The number of amides is 1. The molecule has 0 aromatic heterocycles. The highest BCUT2D eigenvalue weighted by molar-refractivity contribution is 6.01. The van der Waals surface area contributed by atoms with Gasteiger partial charge in [0.05, 0.1) is 30.0 Å². The van der Waals surface area contributed by atoms with E-state index < -0.39 is 34.6 Å². The Labute approximate surface area is 187 Å². The predicted molar refractivity (Wildman–Crippen MR) is 121 cm³/mol. The van der Waals surface area contributed by atoms with E-state index in [1.807, 2.05) is 13.8 Å². The number of nitrogens with one attached hydrogen (secondary N) is 2. The Bertz CT molecular complexity index is 931. The Hall–Kier alpha value is -2.58. The number of carbonyl (C=O) groups excluding carboxylic acids is 1. The quantitative estimate of drug-likeness (QED) is 0.507. The van der Waals surface area contributed by atoms with E-state index in [9.17, 15) is 23.1 Å². The van der Waals surface area contributed by atoms with Gasteiger partial charge in [0, 0.05) is 6.54 Å². The lowest BCUT2D eigenvalue weighted by atomic mass is 9.92. The van der Waals surface area contributed by atoms with Gasteiger partial charge in [0.25, 0.3) is 5.91 Å². The van der Waals surface area contributed by atoms with Crippen molar-refractivity contribution in [3.05, 3.63) is 58.9 Å². The number of carbonyl (C=O) groups is 1. The molecule has 1 saturated heterocycles. The normalized spacial score (nSPS) is 14.3. The summed E-state index contributed by atoms with van der Waals surface area (Å²) < 4.78 is 42.5. The van der Waals surface area contributed by atoms with Gasteiger partial charge in [-0.15, -0.1) is 0 Å². The van der Waals surface area contributed by atoms with Crippen LogP contribution in [0.4, 0.5) is 24.5 Å². The second kappa shape index (κ2) is 11.3. The Kier molecular flexibility index (Phi) is 9.09. The minimum absolute atomic E-state index is 0.0700. The van der Waals surface area contributed by atoms with Crippen LogP contribution in [0, 0.1) is 24.4 Å². The van der Waals surface area contributed by atoms with E-state index in [1.165, 1.54) is 17.0 Å². The van der Waals surface area contributed by atoms with Crippen molar-refractivity contribution in [2.75, 3.05) is 31.5 Å². The third-order valence-electron chi connectivity index (χ3n) is 5.13. The molecule has 5 nitrogen and oxygen atoms in total. The molecule has 0 bridgehead atoms. The Morgan fingerprint density at radius 2 is 1.81 bits per heavy atom. The fraction of sp³-hybridized carbons (Fsp3) is 0.458. The van der Waals surface area contributed by atoms with Gasteiger partial charge in [0.15, 0.2) is 11.6 Å². The van der Waals surface area contributed by atoms with Gasteiger partial charge in [0.2, 0.25) is 0 Å². The summed E-state index contributed by atoms with van der Waals surface area (Å²) in [6, 6.07) is 6.28. The lowest BCUT2D eigenvalue weighted by molar-refractivity contribution is -0.0784. The Balaban J connectivity index is 0.00000176. The highest BCUT2D eigenvalue weighted by Crippen LogP contribution is 2.31. The van der Waals surface area contributed by atoms with E-state index in [2.05, 4.69) is 17.6 Å². The molecular formula is C24H32F3N3O2. The fourth-order valence-corrected chi connectivity index (χ4v) is 3.42. The smallest absolute Gasteiger partial charge is 0.256 e. The number of aryl methyl sites for hydroxylation is 1. The maximum Gasteiger partial charge on any atom is 0.256 e. The number of likely N-dealkylation sites (tertiary alicyclic amines) is 1. The number of β-amino-alcohol motifs (C(OH)–C–C–N with tert-alkyl or cyclic N) is 1. The van der Waals surface area contributed by atoms with E-state index >= 15 is 0 Å². The maximum absolute atomic E-state index is 14.5. The van der Waals surface area contributed by atoms with Gasteiger partial charge in [-0.1, -0.05) is 33.3 Å². The number of nitrogens with zero attached hydrogens (tertiary/aromatic N) is 1. The molecular weight excluding hydrogens is 419 g/mol. The van der Waals surface area contributed by atoms with Crippen LogP contribution in [-0.4, -0.2) is 47.7 Å². The molecule has 1 fully saturated rings. The molecule has 0 spiro atoms. The van der Waals surface area contributed by atoms with E-state index in [4.69, 9.17) is 0 Å². The summed E-state index contributed by atoms with van der Waals surface area (Å²) in [5, 5.41) is 16.2. The summed E-state index contributed by atoms with van der Waals surface area (Å²) in [4.78, 5) is 14.2. The fourth-order valence-electron chi connectivity index (χ4n) is 3.42. The number of benzene rings is 2. The molecule has 1 aliphatic heterocycles. The number of anilines is 2. The second-order valence-corrected chi connectivity index (χ2v) is 7.81. The molecule has 2 aromatic rings.